The lowest BCUT2D eigenvalue weighted by molar-refractivity contribution is 0.0937. The van der Waals surface area contributed by atoms with Crippen molar-refractivity contribution >= 4 is 21.3 Å². The van der Waals surface area contributed by atoms with Gasteiger partial charge in [-0.15, -0.1) is 0 Å². The van der Waals surface area contributed by atoms with Gasteiger partial charge < -0.3 is 5.32 Å². The topological polar surface area (TPSA) is 126 Å². The SMILES string of the molecule is CC(C#N)c1cccc(C(=O)N[C@@H](C)c2ncnn2-c2ccc(N=S(C)(C)=O)cn2)c1. The van der Waals surface area contributed by atoms with Gasteiger partial charge in [0.15, 0.2) is 11.6 Å². The maximum absolute atomic E-state index is 12.7. The van der Waals surface area contributed by atoms with E-state index in [9.17, 15) is 9.00 Å². The van der Waals surface area contributed by atoms with Crippen LogP contribution < -0.4 is 5.32 Å². The molecule has 0 saturated heterocycles. The van der Waals surface area contributed by atoms with Crippen LogP contribution in [0, 0.1) is 11.3 Å². The van der Waals surface area contributed by atoms with E-state index in [1.54, 1.807) is 56.7 Å². The van der Waals surface area contributed by atoms with Crippen molar-refractivity contribution in [3.63, 3.8) is 0 Å². The summed E-state index contributed by atoms with van der Waals surface area (Å²) >= 11 is 0. The summed E-state index contributed by atoms with van der Waals surface area (Å²) in [5, 5.41) is 16.2. The molecule has 2 atom stereocenters. The van der Waals surface area contributed by atoms with Gasteiger partial charge in [0.2, 0.25) is 0 Å². The Morgan fingerprint density at radius 3 is 2.65 bits per heavy atom. The Kier molecular flexibility index (Phi) is 6.46. The largest absolute Gasteiger partial charge is 0.342 e. The van der Waals surface area contributed by atoms with Crippen LogP contribution in [0.4, 0.5) is 5.69 Å². The number of nitrogens with one attached hydrogen (secondary N) is 1. The van der Waals surface area contributed by atoms with Crippen LogP contribution in [0.1, 0.15) is 47.6 Å². The number of nitrogens with zero attached hydrogens (tertiary/aromatic N) is 6. The van der Waals surface area contributed by atoms with E-state index >= 15 is 0 Å². The molecular weight excluding hydrogens is 414 g/mol. The molecule has 1 N–H and O–H groups in total. The number of rotatable bonds is 6. The number of benzene rings is 1. The number of carbonyl (C=O) groups is 1. The molecule has 2 heterocycles. The van der Waals surface area contributed by atoms with Gasteiger partial charge in [-0.25, -0.2) is 14.2 Å². The predicted octanol–water partition coefficient (Wildman–Crippen LogP) is 3.14. The second kappa shape index (κ2) is 9.06. The molecular formula is C21H23N7O2S. The molecule has 0 spiro atoms. The fourth-order valence-corrected chi connectivity index (χ4v) is 3.52. The van der Waals surface area contributed by atoms with E-state index in [1.165, 1.54) is 17.2 Å². The van der Waals surface area contributed by atoms with Crippen molar-refractivity contribution in [1.82, 2.24) is 25.1 Å². The minimum absolute atomic E-state index is 0.281. The minimum atomic E-state index is -2.28. The number of amides is 1. The van der Waals surface area contributed by atoms with Gasteiger partial charge in [-0.05, 0) is 43.7 Å². The molecule has 0 saturated carbocycles. The van der Waals surface area contributed by atoms with Crippen LogP contribution in [0.15, 0.2) is 53.3 Å². The summed E-state index contributed by atoms with van der Waals surface area (Å²) in [6.07, 6.45) is 6.01. The van der Waals surface area contributed by atoms with Crippen molar-refractivity contribution in [2.24, 2.45) is 4.36 Å². The normalized spacial score (nSPS) is 13.1. The highest BCUT2D eigenvalue weighted by molar-refractivity contribution is 7.92. The number of aromatic nitrogens is 4. The number of hydrogen-bond donors (Lipinski definition) is 1. The van der Waals surface area contributed by atoms with Gasteiger partial charge >= 0.3 is 0 Å². The third-order valence-corrected chi connectivity index (χ3v) is 5.08. The molecule has 0 aliphatic heterocycles. The monoisotopic (exact) mass is 437 g/mol. The summed E-state index contributed by atoms with van der Waals surface area (Å²) in [5.41, 5.74) is 1.75. The highest BCUT2D eigenvalue weighted by Gasteiger charge is 2.19. The van der Waals surface area contributed by atoms with Crippen molar-refractivity contribution in [2.45, 2.75) is 25.8 Å². The smallest absolute Gasteiger partial charge is 0.251 e. The first kappa shape index (κ1) is 22.1. The van der Waals surface area contributed by atoms with Crippen molar-refractivity contribution in [3.8, 4) is 11.9 Å². The summed E-state index contributed by atoms with van der Waals surface area (Å²) < 4.78 is 17.5. The minimum Gasteiger partial charge on any atom is -0.342 e. The second-order valence-electron chi connectivity index (χ2n) is 7.35. The molecule has 0 aliphatic carbocycles. The molecule has 1 amide bonds. The van der Waals surface area contributed by atoms with Gasteiger partial charge in [0.25, 0.3) is 5.91 Å². The van der Waals surface area contributed by atoms with Crippen LogP contribution in [-0.4, -0.2) is 42.4 Å². The van der Waals surface area contributed by atoms with E-state index in [4.69, 9.17) is 5.26 Å². The van der Waals surface area contributed by atoms with Crippen molar-refractivity contribution < 1.29 is 9.00 Å². The number of nitriles is 1. The van der Waals surface area contributed by atoms with Crippen molar-refractivity contribution in [3.05, 3.63) is 65.9 Å². The Balaban J connectivity index is 1.80. The molecule has 3 aromatic rings. The van der Waals surface area contributed by atoms with E-state index in [-0.39, 0.29) is 11.8 Å². The quantitative estimate of drug-likeness (QED) is 0.631. The van der Waals surface area contributed by atoms with Crippen LogP contribution in [0.25, 0.3) is 5.82 Å². The molecule has 3 rings (SSSR count). The average molecular weight is 438 g/mol. The summed E-state index contributed by atoms with van der Waals surface area (Å²) in [6.45, 7) is 3.58. The van der Waals surface area contributed by atoms with E-state index in [1.807, 2.05) is 6.07 Å². The molecule has 0 fully saturated rings. The summed E-state index contributed by atoms with van der Waals surface area (Å²) in [5.74, 6) is 0.414. The summed E-state index contributed by atoms with van der Waals surface area (Å²) in [6, 6.07) is 12.1. The lowest BCUT2D eigenvalue weighted by Gasteiger charge is -2.15. The van der Waals surface area contributed by atoms with E-state index < -0.39 is 15.8 Å². The van der Waals surface area contributed by atoms with Crippen molar-refractivity contribution in [1.29, 1.82) is 5.26 Å². The van der Waals surface area contributed by atoms with Crippen molar-refractivity contribution in [2.75, 3.05) is 12.5 Å². The highest BCUT2D eigenvalue weighted by Crippen LogP contribution is 2.19. The fourth-order valence-electron chi connectivity index (χ4n) is 2.90. The molecule has 0 aliphatic rings. The zero-order chi connectivity index (χ0) is 22.6. The Bertz CT molecular complexity index is 1240. The van der Waals surface area contributed by atoms with Gasteiger partial charge in [-0.2, -0.15) is 19.4 Å². The highest BCUT2D eigenvalue weighted by atomic mass is 32.2. The van der Waals surface area contributed by atoms with E-state index in [2.05, 4.69) is 30.8 Å². The number of hydrogen-bond acceptors (Lipinski definition) is 7. The van der Waals surface area contributed by atoms with Gasteiger partial charge in [0, 0.05) is 27.8 Å². The van der Waals surface area contributed by atoms with E-state index in [0.29, 0.717) is 22.9 Å². The maximum Gasteiger partial charge on any atom is 0.251 e. The van der Waals surface area contributed by atoms with Crippen LogP contribution in [0.2, 0.25) is 0 Å². The molecule has 160 valence electrons. The molecule has 31 heavy (non-hydrogen) atoms. The molecule has 9 nitrogen and oxygen atoms in total. The van der Waals surface area contributed by atoms with Gasteiger partial charge in [0.05, 0.1) is 29.9 Å². The van der Waals surface area contributed by atoms with Gasteiger partial charge in [-0.3, -0.25) is 4.79 Å². The Morgan fingerprint density at radius 2 is 2.00 bits per heavy atom. The first-order chi connectivity index (χ1) is 14.7. The molecule has 0 radical (unpaired) electrons. The van der Waals surface area contributed by atoms with E-state index in [0.717, 1.165) is 5.56 Å². The number of pyridine rings is 1. The first-order valence-corrected chi connectivity index (χ1v) is 11.8. The van der Waals surface area contributed by atoms with Crippen LogP contribution in [0.3, 0.4) is 0 Å². The Morgan fingerprint density at radius 1 is 1.23 bits per heavy atom. The lowest BCUT2D eigenvalue weighted by Crippen LogP contribution is -2.29. The van der Waals surface area contributed by atoms with Crippen LogP contribution in [0.5, 0.6) is 0 Å². The second-order valence-corrected chi connectivity index (χ2v) is 9.89. The third-order valence-electron chi connectivity index (χ3n) is 4.43. The Hall–Kier alpha value is -3.58. The standard InChI is InChI=1S/C21H23N7O2S/c1-14(11-22)16-6-5-7-17(10-16)21(29)26-15(2)20-24-13-25-28(20)19-9-8-18(12-23-19)27-31(3,4)30/h5-10,12-15H,1-4H3,(H,26,29)/t14?,15-/m0/s1. The maximum atomic E-state index is 12.7. The molecule has 1 unspecified atom stereocenters. The average Bonchev–Trinajstić information content (AvgIpc) is 3.22. The number of carbonyl (C=O) groups excluding carboxylic acids is 1. The zero-order valence-corrected chi connectivity index (χ0v) is 18.5. The Labute approximate surface area is 181 Å². The predicted molar refractivity (Wildman–Crippen MR) is 118 cm³/mol. The zero-order valence-electron chi connectivity index (χ0n) is 17.7. The fraction of sp³-hybridized carbons (Fsp3) is 0.286. The van der Waals surface area contributed by atoms with Gasteiger partial charge in [-0.1, -0.05) is 12.1 Å². The summed E-state index contributed by atoms with van der Waals surface area (Å²) in [4.78, 5) is 21.3. The lowest BCUT2D eigenvalue weighted by atomic mass is 10.00. The van der Waals surface area contributed by atoms with Crippen LogP contribution >= 0.6 is 0 Å². The van der Waals surface area contributed by atoms with Crippen LogP contribution in [-0.2, 0) is 9.73 Å². The first-order valence-electron chi connectivity index (χ1n) is 9.52. The van der Waals surface area contributed by atoms with Gasteiger partial charge in [0.1, 0.15) is 6.33 Å². The molecule has 2 aromatic heterocycles. The molecule has 1 aromatic carbocycles. The third kappa shape index (κ3) is 5.52. The molecule has 10 heteroatoms. The summed E-state index contributed by atoms with van der Waals surface area (Å²) in [7, 11) is -2.28. The molecule has 0 bridgehead atoms.